The van der Waals surface area contributed by atoms with Crippen molar-refractivity contribution >= 4 is 11.9 Å². The fraction of sp³-hybridized carbons (Fsp3) is 0.556. The van der Waals surface area contributed by atoms with Crippen LogP contribution in [-0.4, -0.2) is 34.0 Å². The lowest BCUT2D eigenvalue weighted by Crippen LogP contribution is -2.47. The standard InChI is InChI=1S/C18H20F3NO3/c19-18(20,21)13-7-3-1-5-11(13)10-16(23)22-14-8-4-2-6-12(14)9-15(22)17(24)25/h1,3,5,7,12,14-15H,2,4,6,8-10H2,(H,24,25). The van der Waals surface area contributed by atoms with E-state index < -0.39 is 36.1 Å². The van der Waals surface area contributed by atoms with E-state index in [1.54, 1.807) is 0 Å². The van der Waals surface area contributed by atoms with E-state index in [9.17, 15) is 27.9 Å². The molecule has 7 heteroatoms. The number of fused-ring (bicyclic) bond motifs is 1. The molecule has 0 radical (unpaired) electrons. The molecule has 1 N–H and O–H groups in total. The number of nitrogens with zero attached hydrogens (tertiary/aromatic N) is 1. The molecule has 3 atom stereocenters. The Kier molecular flexibility index (Phi) is 4.75. The number of benzene rings is 1. The van der Waals surface area contributed by atoms with Gasteiger partial charge >= 0.3 is 12.1 Å². The molecule has 1 amide bonds. The monoisotopic (exact) mass is 355 g/mol. The quantitative estimate of drug-likeness (QED) is 0.903. The minimum absolute atomic E-state index is 0.108. The van der Waals surface area contributed by atoms with Gasteiger partial charge in [0.15, 0.2) is 0 Å². The topological polar surface area (TPSA) is 57.6 Å². The number of carbonyl (C=O) groups excluding carboxylic acids is 1. The highest BCUT2D eigenvalue weighted by molar-refractivity contribution is 5.86. The lowest BCUT2D eigenvalue weighted by Gasteiger charge is -2.33. The van der Waals surface area contributed by atoms with E-state index in [0.717, 1.165) is 31.7 Å². The van der Waals surface area contributed by atoms with E-state index in [1.165, 1.54) is 23.1 Å². The Balaban J connectivity index is 1.86. The number of amides is 1. The number of alkyl halides is 3. The maximum atomic E-state index is 13.1. The van der Waals surface area contributed by atoms with E-state index in [0.29, 0.717) is 6.42 Å². The van der Waals surface area contributed by atoms with Gasteiger partial charge in [-0.2, -0.15) is 13.2 Å². The van der Waals surface area contributed by atoms with Crippen LogP contribution >= 0.6 is 0 Å². The third-order valence-corrected chi connectivity index (χ3v) is 5.33. The molecule has 0 spiro atoms. The average molecular weight is 355 g/mol. The third-order valence-electron chi connectivity index (χ3n) is 5.33. The lowest BCUT2D eigenvalue weighted by atomic mass is 9.84. The number of rotatable bonds is 3. The molecule has 1 aliphatic carbocycles. The Morgan fingerprint density at radius 2 is 1.84 bits per heavy atom. The lowest BCUT2D eigenvalue weighted by molar-refractivity contribution is -0.150. The minimum Gasteiger partial charge on any atom is -0.480 e. The Hall–Kier alpha value is -2.05. The molecule has 1 heterocycles. The maximum absolute atomic E-state index is 13.1. The number of carboxylic acids is 1. The molecular formula is C18H20F3NO3. The molecule has 2 aliphatic rings. The first-order valence-electron chi connectivity index (χ1n) is 8.48. The van der Waals surface area contributed by atoms with Gasteiger partial charge in [-0.1, -0.05) is 31.0 Å². The van der Waals surface area contributed by atoms with Gasteiger partial charge in [0.2, 0.25) is 5.91 Å². The van der Waals surface area contributed by atoms with Gasteiger partial charge in [0.25, 0.3) is 0 Å². The smallest absolute Gasteiger partial charge is 0.416 e. The third kappa shape index (κ3) is 3.50. The fourth-order valence-corrected chi connectivity index (χ4v) is 4.24. The number of hydrogen-bond donors (Lipinski definition) is 1. The van der Waals surface area contributed by atoms with E-state index in [4.69, 9.17) is 0 Å². The van der Waals surface area contributed by atoms with Crippen molar-refractivity contribution < 1.29 is 27.9 Å². The predicted octanol–water partition coefficient (Wildman–Crippen LogP) is 3.49. The maximum Gasteiger partial charge on any atom is 0.416 e. The molecule has 1 aromatic rings. The zero-order valence-electron chi connectivity index (χ0n) is 13.6. The average Bonchev–Trinajstić information content (AvgIpc) is 2.94. The van der Waals surface area contributed by atoms with Crippen LogP contribution in [0.5, 0.6) is 0 Å². The van der Waals surface area contributed by atoms with Crippen LogP contribution in [0.15, 0.2) is 24.3 Å². The minimum atomic E-state index is -4.54. The molecule has 3 rings (SSSR count). The second-order valence-corrected chi connectivity index (χ2v) is 6.83. The van der Waals surface area contributed by atoms with Gasteiger partial charge in [0.05, 0.1) is 12.0 Å². The van der Waals surface area contributed by atoms with Crippen LogP contribution in [0, 0.1) is 5.92 Å². The van der Waals surface area contributed by atoms with Crippen LogP contribution < -0.4 is 0 Å². The van der Waals surface area contributed by atoms with Crippen molar-refractivity contribution in [1.29, 1.82) is 0 Å². The van der Waals surface area contributed by atoms with Crippen molar-refractivity contribution in [2.45, 2.75) is 56.8 Å². The summed E-state index contributed by atoms with van der Waals surface area (Å²) < 4.78 is 39.4. The first kappa shape index (κ1) is 17.8. The molecule has 1 saturated heterocycles. The normalized spacial score (nSPS) is 26.4. The molecular weight excluding hydrogens is 335 g/mol. The predicted molar refractivity (Wildman–Crippen MR) is 83.8 cm³/mol. The van der Waals surface area contributed by atoms with E-state index >= 15 is 0 Å². The van der Waals surface area contributed by atoms with Gasteiger partial charge in [0, 0.05) is 6.04 Å². The van der Waals surface area contributed by atoms with Gasteiger partial charge in [0.1, 0.15) is 6.04 Å². The highest BCUT2D eigenvalue weighted by Gasteiger charge is 2.47. The van der Waals surface area contributed by atoms with Crippen molar-refractivity contribution in [3.63, 3.8) is 0 Å². The molecule has 3 unspecified atom stereocenters. The second kappa shape index (κ2) is 6.69. The summed E-state index contributed by atoms with van der Waals surface area (Å²) >= 11 is 0. The van der Waals surface area contributed by atoms with Crippen LogP contribution in [0.1, 0.15) is 43.2 Å². The first-order valence-corrected chi connectivity index (χ1v) is 8.48. The number of carboxylic acid groups (broad SMARTS) is 1. The molecule has 0 bridgehead atoms. The summed E-state index contributed by atoms with van der Waals surface area (Å²) in [6.45, 7) is 0. The number of aliphatic carboxylic acids is 1. The van der Waals surface area contributed by atoms with Crippen molar-refractivity contribution in [3.05, 3.63) is 35.4 Å². The molecule has 1 aromatic carbocycles. The van der Waals surface area contributed by atoms with Crippen LogP contribution in [0.2, 0.25) is 0 Å². The Labute approximate surface area is 143 Å². The summed E-state index contributed by atoms with van der Waals surface area (Å²) in [5.41, 5.74) is -0.946. The number of hydrogen-bond acceptors (Lipinski definition) is 2. The van der Waals surface area contributed by atoms with Crippen LogP contribution in [0.25, 0.3) is 0 Å². The fourth-order valence-electron chi connectivity index (χ4n) is 4.24. The number of likely N-dealkylation sites (tertiary alicyclic amines) is 1. The number of halogens is 3. The Morgan fingerprint density at radius 1 is 1.16 bits per heavy atom. The highest BCUT2D eigenvalue weighted by atomic mass is 19.4. The van der Waals surface area contributed by atoms with Crippen LogP contribution in [-0.2, 0) is 22.2 Å². The summed E-state index contributed by atoms with van der Waals surface area (Å²) in [5.74, 6) is -1.47. The molecule has 0 aromatic heterocycles. The van der Waals surface area contributed by atoms with Crippen molar-refractivity contribution in [1.82, 2.24) is 4.90 Å². The number of carbonyl (C=O) groups is 2. The zero-order valence-corrected chi connectivity index (χ0v) is 13.6. The van der Waals surface area contributed by atoms with Gasteiger partial charge in [-0.3, -0.25) is 4.79 Å². The van der Waals surface area contributed by atoms with Crippen LogP contribution in [0.4, 0.5) is 13.2 Å². The SMILES string of the molecule is O=C(O)C1CC2CCCCC2N1C(=O)Cc1ccccc1C(F)(F)F. The van der Waals surface area contributed by atoms with Crippen LogP contribution in [0.3, 0.4) is 0 Å². The molecule has 25 heavy (non-hydrogen) atoms. The highest BCUT2D eigenvalue weighted by Crippen LogP contribution is 2.40. The van der Waals surface area contributed by atoms with Crippen molar-refractivity contribution in [3.8, 4) is 0 Å². The summed E-state index contributed by atoms with van der Waals surface area (Å²) in [6.07, 6.45) is -1.06. The van der Waals surface area contributed by atoms with Gasteiger partial charge in [-0.05, 0) is 36.8 Å². The van der Waals surface area contributed by atoms with Gasteiger partial charge < -0.3 is 10.0 Å². The Morgan fingerprint density at radius 3 is 2.52 bits per heavy atom. The molecule has 2 fully saturated rings. The van der Waals surface area contributed by atoms with E-state index in [1.807, 2.05) is 0 Å². The molecule has 136 valence electrons. The second-order valence-electron chi connectivity index (χ2n) is 6.83. The van der Waals surface area contributed by atoms with E-state index in [-0.39, 0.29) is 17.5 Å². The Bertz CT molecular complexity index is 674. The summed E-state index contributed by atoms with van der Waals surface area (Å²) in [4.78, 5) is 25.7. The molecule has 4 nitrogen and oxygen atoms in total. The van der Waals surface area contributed by atoms with Crippen molar-refractivity contribution in [2.24, 2.45) is 5.92 Å². The van der Waals surface area contributed by atoms with Gasteiger partial charge in [-0.15, -0.1) is 0 Å². The van der Waals surface area contributed by atoms with Gasteiger partial charge in [-0.25, -0.2) is 4.79 Å². The largest absolute Gasteiger partial charge is 0.480 e. The summed E-state index contributed by atoms with van der Waals surface area (Å²) in [7, 11) is 0. The van der Waals surface area contributed by atoms with Crippen molar-refractivity contribution in [2.75, 3.05) is 0 Å². The molecule has 1 aliphatic heterocycles. The van der Waals surface area contributed by atoms with E-state index in [2.05, 4.69) is 0 Å². The summed E-state index contributed by atoms with van der Waals surface area (Å²) in [6, 6.07) is 3.87. The zero-order chi connectivity index (χ0) is 18.2. The summed E-state index contributed by atoms with van der Waals surface area (Å²) in [5, 5.41) is 9.46. The molecule has 1 saturated carbocycles. The first-order chi connectivity index (χ1) is 11.8.